The Labute approximate surface area is 157 Å². The fraction of sp³-hybridized carbons (Fsp3) is 0.167. The number of aromatic amines is 1. The Hall–Kier alpha value is -2.19. The molecule has 0 saturated heterocycles. The number of fused-ring (bicyclic) bond motifs is 2. The number of hydrogen-bond donors (Lipinski definition) is 2. The van der Waals surface area contributed by atoms with Crippen LogP contribution in [0, 0.1) is 5.82 Å². The van der Waals surface area contributed by atoms with E-state index in [1.165, 1.54) is 12.1 Å². The van der Waals surface area contributed by atoms with E-state index >= 15 is 0 Å². The molecule has 1 unspecified atom stereocenters. The Bertz CT molecular complexity index is 1140. The molecule has 2 N–H and O–H groups in total. The number of carbonyl (C=O) groups is 1. The van der Waals surface area contributed by atoms with Crippen LogP contribution in [0.4, 0.5) is 4.39 Å². The zero-order chi connectivity index (χ0) is 18.5. The Morgan fingerprint density at radius 1 is 1.23 bits per heavy atom. The molecule has 1 aromatic heterocycles. The third-order valence-electron chi connectivity index (χ3n) is 4.51. The van der Waals surface area contributed by atoms with Gasteiger partial charge in [0.05, 0.1) is 22.2 Å². The minimum absolute atomic E-state index is 0.0246. The largest absolute Gasteiger partial charge is 0.350 e. The van der Waals surface area contributed by atoms with E-state index in [0.717, 1.165) is 0 Å². The van der Waals surface area contributed by atoms with Gasteiger partial charge in [0.25, 0.3) is 5.91 Å². The number of carbonyl (C=O) groups excluding carboxylic acids is 1. The van der Waals surface area contributed by atoms with Crippen LogP contribution in [-0.2, 0) is 9.84 Å². The van der Waals surface area contributed by atoms with Crippen molar-refractivity contribution in [2.24, 2.45) is 0 Å². The van der Waals surface area contributed by atoms with E-state index in [-0.39, 0.29) is 16.3 Å². The van der Waals surface area contributed by atoms with Gasteiger partial charge in [-0.05, 0) is 36.2 Å². The molecule has 2 aromatic carbocycles. The molecule has 3 aromatic rings. The zero-order valence-electron chi connectivity index (χ0n) is 13.4. The number of aromatic nitrogens is 1. The summed E-state index contributed by atoms with van der Waals surface area (Å²) >= 11 is 3.22. The SMILES string of the molecule is O=C(NC1CCS(=O)(=O)c2ccccc21)c1cc2c(F)cc(Br)cc2[nH]1. The fourth-order valence-electron chi connectivity index (χ4n) is 3.26. The van der Waals surface area contributed by atoms with E-state index < -0.39 is 27.6 Å². The third-order valence-corrected chi connectivity index (χ3v) is 6.78. The first-order valence-electron chi connectivity index (χ1n) is 7.95. The summed E-state index contributed by atoms with van der Waals surface area (Å²) < 4.78 is 39.0. The molecule has 1 aliphatic rings. The number of sulfone groups is 1. The van der Waals surface area contributed by atoms with E-state index in [0.29, 0.717) is 27.4 Å². The van der Waals surface area contributed by atoms with Gasteiger partial charge < -0.3 is 10.3 Å². The second-order valence-electron chi connectivity index (χ2n) is 6.20. The van der Waals surface area contributed by atoms with Gasteiger partial charge in [-0.15, -0.1) is 0 Å². The van der Waals surface area contributed by atoms with Crippen molar-refractivity contribution in [3.05, 3.63) is 64.0 Å². The van der Waals surface area contributed by atoms with E-state index in [2.05, 4.69) is 26.2 Å². The molecule has 134 valence electrons. The highest BCUT2D eigenvalue weighted by atomic mass is 79.9. The Kier molecular flexibility index (Phi) is 4.11. The van der Waals surface area contributed by atoms with Crippen molar-refractivity contribution in [1.82, 2.24) is 10.3 Å². The number of H-pyrrole nitrogens is 1. The van der Waals surface area contributed by atoms with Gasteiger partial charge in [-0.1, -0.05) is 34.1 Å². The van der Waals surface area contributed by atoms with Gasteiger partial charge in [-0.25, -0.2) is 12.8 Å². The minimum Gasteiger partial charge on any atom is -0.350 e. The molecule has 0 aliphatic carbocycles. The summed E-state index contributed by atoms with van der Waals surface area (Å²) in [5, 5.41) is 3.18. The van der Waals surface area contributed by atoms with Crippen molar-refractivity contribution >= 4 is 42.6 Å². The normalized spacial score (nSPS) is 18.5. The average Bonchev–Trinajstić information content (AvgIpc) is 3.02. The zero-order valence-corrected chi connectivity index (χ0v) is 15.8. The maximum atomic E-state index is 14.0. The molecule has 0 radical (unpaired) electrons. The molecule has 0 bridgehead atoms. The van der Waals surface area contributed by atoms with Crippen LogP contribution in [0.3, 0.4) is 0 Å². The molecule has 1 atom stereocenters. The average molecular weight is 437 g/mol. The number of nitrogens with one attached hydrogen (secondary N) is 2. The summed E-state index contributed by atoms with van der Waals surface area (Å²) in [6.45, 7) is 0. The fourth-order valence-corrected chi connectivity index (χ4v) is 5.31. The molecule has 0 saturated carbocycles. The Morgan fingerprint density at radius 3 is 2.81 bits per heavy atom. The smallest absolute Gasteiger partial charge is 0.268 e. The van der Waals surface area contributed by atoms with Crippen molar-refractivity contribution < 1.29 is 17.6 Å². The molecular weight excluding hydrogens is 423 g/mol. The molecule has 8 heteroatoms. The van der Waals surface area contributed by atoms with Gasteiger partial charge in [0, 0.05) is 9.86 Å². The van der Waals surface area contributed by atoms with Crippen molar-refractivity contribution in [1.29, 1.82) is 0 Å². The second-order valence-corrected chi connectivity index (χ2v) is 9.20. The monoisotopic (exact) mass is 436 g/mol. The van der Waals surface area contributed by atoms with Gasteiger partial charge in [-0.3, -0.25) is 4.79 Å². The lowest BCUT2D eigenvalue weighted by atomic mass is 10.0. The predicted molar refractivity (Wildman–Crippen MR) is 99.3 cm³/mol. The molecule has 0 spiro atoms. The Balaban J connectivity index is 1.66. The summed E-state index contributed by atoms with van der Waals surface area (Å²) in [6.07, 6.45) is 0.297. The number of hydrogen-bond acceptors (Lipinski definition) is 3. The number of amides is 1. The van der Waals surface area contributed by atoms with Crippen LogP contribution in [0.15, 0.2) is 51.8 Å². The highest BCUT2D eigenvalue weighted by Crippen LogP contribution is 2.32. The van der Waals surface area contributed by atoms with E-state index in [4.69, 9.17) is 0 Å². The molecule has 1 aliphatic heterocycles. The lowest BCUT2D eigenvalue weighted by Crippen LogP contribution is -2.34. The quantitative estimate of drug-likeness (QED) is 0.642. The number of benzene rings is 2. The lowest BCUT2D eigenvalue weighted by Gasteiger charge is -2.26. The number of halogens is 2. The maximum absolute atomic E-state index is 14.0. The van der Waals surface area contributed by atoms with E-state index in [9.17, 15) is 17.6 Å². The van der Waals surface area contributed by atoms with Crippen molar-refractivity contribution in [2.45, 2.75) is 17.4 Å². The topological polar surface area (TPSA) is 79.0 Å². The van der Waals surface area contributed by atoms with Gasteiger partial charge in [-0.2, -0.15) is 0 Å². The molecule has 5 nitrogen and oxygen atoms in total. The van der Waals surface area contributed by atoms with Crippen LogP contribution in [0.2, 0.25) is 0 Å². The van der Waals surface area contributed by atoms with Crippen LogP contribution >= 0.6 is 15.9 Å². The van der Waals surface area contributed by atoms with Crippen molar-refractivity contribution in [3.8, 4) is 0 Å². The summed E-state index contributed by atoms with van der Waals surface area (Å²) in [7, 11) is -3.32. The second kappa shape index (κ2) is 6.21. The summed E-state index contributed by atoms with van der Waals surface area (Å²) in [5.74, 6) is -0.863. The van der Waals surface area contributed by atoms with Crippen LogP contribution in [0.1, 0.15) is 28.5 Å². The molecule has 4 rings (SSSR count). The number of rotatable bonds is 2. The van der Waals surface area contributed by atoms with E-state index in [1.54, 1.807) is 30.3 Å². The van der Waals surface area contributed by atoms with Crippen LogP contribution < -0.4 is 5.32 Å². The molecular formula is C18H14BrFN2O3S. The molecule has 0 fully saturated rings. The summed E-state index contributed by atoms with van der Waals surface area (Å²) in [6, 6.07) is 10.7. The van der Waals surface area contributed by atoms with Crippen LogP contribution in [-0.4, -0.2) is 25.1 Å². The standard InChI is InChI=1S/C18H14BrFN2O3S/c19-10-7-13(20)12-9-16(21-15(12)8-10)18(23)22-14-5-6-26(24,25)17-4-2-1-3-11(14)17/h1-4,7-9,14,21H,5-6H2,(H,22,23). The first-order valence-corrected chi connectivity index (χ1v) is 10.4. The summed E-state index contributed by atoms with van der Waals surface area (Å²) in [4.78, 5) is 15.8. The first kappa shape index (κ1) is 17.2. The van der Waals surface area contributed by atoms with Gasteiger partial charge >= 0.3 is 0 Å². The highest BCUT2D eigenvalue weighted by molar-refractivity contribution is 9.10. The van der Waals surface area contributed by atoms with Gasteiger partial charge in [0.15, 0.2) is 9.84 Å². The van der Waals surface area contributed by atoms with E-state index in [1.807, 2.05) is 0 Å². The van der Waals surface area contributed by atoms with Gasteiger partial charge in [0.1, 0.15) is 11.5 Å². The van der Waals surface area contributed by atoms with Crippen LogP contribution in [0.25, 0.3) is 10.9 Å². The van der Waals surface area contributed by atoms with Crippen LogP contribution in [0.5, 0.6) is 0 Å². The predicted octanol–water partition coefficient (Wildman–Crippen LogP) is 3.72. The molecule has 2 heterocycles. The lowest BCUT2D eigenvalue weighted by molar-refractivity contribution is 0.0930. The highest BCUT2D eigenvalue weighted by Gasteiger charge is 2.31. The van der Waals surface area contributed by atoms with Crippen molar-refractivity contribution in [2.75, 3.05) is 5.75 Å². The first-order chi connectivity index (χ1) is 12.3. The maximum Gasteiger partial charge on any atom is 0.268 e. The van der Waals surface area contributed by atoms with Crippen molar-refractivity contribution in [3.63, 3.8) is 0 Å². The molecule has 1 amide bonds. The third kappa shape index (κ3) is 2.93. The van der Waals surface area contributed by atoms with Gasteiger partial charge in [0.2, 0.25) is 0 Å². The minimum atomic E-state index is -3.32. The molecule has 26 heavy (non-hydrogen) atoms. The summed E-state index contributed by atoms with van der Waals surface area (Å²) in [5.41, 5.74) is 1.31. The Morgan fingerprint density at radius 2 is 2.00 bits per heavy atom.